The normalized spacial score (nSPS) is 23.3. The lowest BCUT2D eigenvalue weighted by Gasteiger charge is -2.32. The van der Waals surface area contributed by atoms with Gasteiger partial charge in [0.05, 0.1) is 17.7 Å². The number of halogens is 3. The predicted octanol–water partition coefficient (Wildman–Crippen LogP) is 2.75. The summed E-state index contributed by atoms with van der Waals surface area (Å²) in [6.07, 6.45) is -8.89. The number of hydrogen-bond donors (Lipinski definition) is 4. The van der Waals surface area contributed by atoms with Gasteiger partial charge in [0.15, 0.2) is 11.8 Å². The SMILES string of the molecule is CC(C)OC(=O)CNP(OC[C@@]1(C(F)F)OC(n2cc(Cl)c(N)nc2=O)C(O)[C@@H]1O)Oc1ccc2ccccc2c1. The average molecular weight is 617 g/mol. The minimum absolute atomic E-state index is 0.203. The fourth-order valence-corrected chi connectivity index (χ4v) is 5.29. The van der Waals surface area contributed by atoms with Crippen LogP contribution < -0.4 is 21.0 Å². The van der Waals surface area contributed by atoms with Crippen molar-refractivity contribution in [2.45, 2.75) is 50.4 Å². The molecular weight excluding hydrogens is 589 g/mol. The summed E-state index contributed by atoms with van der Waals surface area (Å²) >= 11 is 5.91. The molecule has 1 fully saturated rings. The van der Waals surface area contributed by atoms with Crippen LogP contribution >= 0.6 is 20.1 Å². The number of ether oxygens (including phenoxy) is 2. The first kappa shape index (κ1) is 31.0. The zero-order chi connectivity index (χ0) is 29.9. The summed E-state index contributed by atoms with van der Waals surface area (Å²) in [4.78, 5) is 28.0. The van der Waals surface area contributed by atoms with E-state index in [-0.39, 0.29) is 10.8 Å². The van der Waals surface area contributed by atoms with Gasteiger partial charge in [0, 0.05) is 6.20 Å². The molecule has 0 amide bonds. The van der Waals surface area contributed by atoms with Gasteiger partial charge in [0.2, 0.25) is 0 Å². The molecule has 0 bridgehead atoms. The summed E-state index contributed by atoms with van der Waals surface area (Å²) in [5, 5.41) is 25.6. The maximum atomic E-state index is 14.5. The Morgan fingerprint density at radius 3 is 2.66 bits per heavy atom. The first-order valence-electron chi connectivity index (χ1n) is 12.3. The van der Waals surface area contributed by atoms with E-state index in [0.29, 0.717) is 10.3 Å². The molecule has 16 heteroatoms. The van der Waals surface area contributed by atoms with Crippen LogP contribution in [0.2, 0.25) is 5.02 Å². The zero-order valence-corrected chi connectivity index (χ0v) is 23.5. The number of hydrogen-bond acceptors (Lipinski definition) is 11. The fraction of sp³-hybridized carbons (Fsp3) is 0.400. The molecule has 1 saturated heterocycles. The lowest BCUT2D eigenvalue weighted by atomic mass is 9.96. The summed E-state index contributed by atoms with van der Waals surface area (Å²) in [6, 6.07) is 12.5. The number of aliphatic hydroxyl groups excluding tert-OH is 2. The minimum atomic E-state index is -3.41. The molecule has 1 aromatic heterocycles. The average Bonchev–Trinajstić information content (AvgIpc) is 3.18. The van der Waals surface area contributed by atoms with Crippen molar-refractivity contribution in [2.75, 3.05) is 18.9 Å². The number of nitrogen functional groups attached to an aromatic ring is 1. The fourth-order valence-electron chi connectivity index (χ4n) is 4.05. The quantitative estimate of drug-likeness (QED) is 0.185. The van der Waals surface area contributed by atoms with Gasteiger partial charge >= 0.3 is 20.2 Å². The second kappa shape index (κ2) is 12.9. The van der Waals surface area contributed by atoms with Crippen molar-refractivity contribution in [3.05, 3.63) is 64.2 Å². The molecule has 5 N–H and O–H groups in total. The summed E-state index contributed by atoms with van der Waals surface area (Å²) in [5.74, 6) is -0.671. The van der Waals surface area contributed by atoms with E-state index in [1.165, 1.54) is 0 Å². The Bertz CT molecular complexity index is 1450. The summed E-state index contributed by atoms with van der Waals surface area (Å²) in [5.41, 5.74) is 1.63. The van der Waals surface area contributed by atoms with Gasteiger partial charge in [0.1, 0.15) is 30.3 Å². The van der Waals surface area contributed by atoms with Crippen LogP contribution in [0.4, 0.5) is 14.6 Å². The smallest absolute Gasteiger partial charge is 0.351 e. The van der Waals surface area contributed by atoms with E-state index in [1.807, 2.05) is 24.3 Å². The Morgan fingerprint density at radius 2 is 1.98 bits per heavy atom. The lowest BCUT2D eigenvalue weighted by molar-refractivity contribution is -0.192. The Kier molecular flexibility index (Phi) is 9.75. The van der Waals surface area contributed by atoms with Crippen LogP contribution in [0.25, 0.3) is 10.8 Å². The highest BCUT2D eigenvalue weighted by Gasteiger charge is 2.61. The molecule has 2 heterocycles. The number of anilines is 1. The van der Waals surface area contributed by atoms with E-state index in [9.17, 15) is 28.6 Å². The van der Waals surface area contributed by atoms with Crippen LogP contribution in [0, 0.1) is 0 Å². The first-order chi connectivity index (χ1) is 19.4. The van der Waals surface area contributed by atoms with Gasteiger partial charge in [-0.25, -0.2) is 18.7 Å². The molecule has 1 aliphatic heterocycles. The van der Waals surface area contributed by atoms with Crippen molar-refractivity contribution >= 4 is 42.7 Å². The maximum absolute atomic E-state index is 14.5. The number of rotatable bonds is 11. The van der Waals surface area contributed by atoms with E-state index in [1.54, 1.807) is 32.0 Å². The maximum Gasteiger partial charge on any atom is 0.351 e. The van der Waals surface area contributed by atoms with E-state index >= 15 is 0 Å². The van der Waals surface area contributed by atoms with Crippen LogP contribution in [0.5, 0.6) is 5.75 Å². The highest BCUT2D eigenvalue weighted by Crippen LogP contribution is 2.45. The molecular formula is C25H28ClF2N4O8P. The van der Waals surface area contributed by atoms with E-state index in [4.69, 9.17) is 35.9 Å². The first-order valence-corrected chi connectivity index (χ1v) is 13.9. The van der Waals surface area contributed by atoms with Crippen LogP contribution in [-0.4, -0.2) is 69.2 Å². The van der Waals surface area contributed by atoms with Crippen molar-refractivity contribution in [3.8, 4) is 5.75 Å². The van der Waals surface area contributed by atoms with Gasteiger partial charge in [-0.2, -0.15) is 4.98 Å². The number of fused-ring (bicyclic) bond motifs is 1. The Hall–Kier alpha value is -2.97. The third-order valence-corrected chi connectivity index (χ3v) is 7.52. The van der Waals surface area contributed by atoms with Gasteiger partial charge in [-0.3, -0.25) is 9.36 Å². The van der Waals surface area contributed by atoms with Crippen molar-refractivity contribution < 1.29 is 42.3 Å². The molecule has 0 radical (unpaired) electrons. The molecule has 5 atom stereocenters. The molecule has 222 valence electrons. The number of benzene rings is 2. The number of carbonyl (C=O) groups is 1. The Morgan fingerprint density at radius 1 is 1.27 bits per heavy atom. The monoisotopic (exact) mass is 616 g/mol. The summed E-state index contributed by atoms with van der Waals surface area (Å²) in [6.45, 7) is 1.91. The molecule has 2 aromatic carbocycles. The second-order valence-corrected chi connectivity index (χ2v) is 11.0. The molecule has 0 saturated carbocycles. The van der Waals surface area contributed by atoms with Gasteiger partial charge in [0.25, 0.3) is 6.43 Å². The number of nitrogens with two attached hydrogens (primary N) is 1. The molecule has 4 rings (SSSR count). The number of nitrogens with zero attached hydrogens (tertiary/aromatic N) is 2. The highest BCUT2D eigenvalue weighted by atomic mass is 35.5. The van der Waals surface area contributed by atoms with Gasteiger partial charge in [-0.1, -0.05) is 41.9 Å². The van der Waals surface area contributed by atoms with Crippen LogP contribution in [-0.2, 0) is 18.8 Å². The van der Waals surface area contributed by atoms with Crippen LogP contribution in [0.1, 0.15) is 20.1 Å². The number of aliphatic hydroxyl groups is 2. The molecule has 0 spiro atoms. The van der Waals surface area contributed by atoms with E-state index in [0.717, 1.165) is 17.0 Å². The number of aromatic nitrogens is 2. The van der Waals surface area contributed by atoms with Crippen molar-refractivity contribution in [2.24, 2.45) is 0 Å². The zero-order valence-electron chi connectivity index (χ0n) is 21.8. The van der Waals surface area contributed by atoms with Crippen LogP contribution in [0.3, 0.4) is 0 Å². The molecule has 3 unspecified atom stereocenters. The van der Waals surface area contributed by atoms with Gasteiger partial charge in [-0.05, 0) is 36.8 Å². The molecule has 3 aromatic rings. The summed E-state index contributed by atoms with van der Waals surface area (Å²) in [7, 11) is -2.32. The number of nitrogens with one attached hydrogen (secondary N) is 1. The number of carbonyl (C=O) groups excluding carboxylic acids is 1. The largest absolute Gasteiger partial charge is 0.462 e. The van der Waals surface area contributed by atoms with Gasteiger partial charge in [-0.15, -0.1) is 0 Å². The van der Waals surface area contributed by atoms with Crippen LogP contribution in [0.15, 0.2) is 53.5 Å². The van der Waals surface area contributed by atoms with E-state index in [2.05, 4.69) is 10.1 Å². The minimum Gasteiger partial charge on any atom is -0.462 e. The third-order valence-electron chi connectivity index (χ3n) is 6.07. The van der Waals surface area contributed by atoms with Gasteiger partial charge < -0.3 is 34.5 Å². The Labute approximate surface area is 238 Å². The lowest BCUT2D eigenvalue weighted by Crippen LogP contribution is -2.52. The predicted molar refractivity (Wildman–Crippen MR) is 145 cm³/mol. The van der Waals surface area contributed by atoms with Crippen molar-refractivity contribution in [1.82, 2.24) is 14.6 Å². The molecule has 41 heavy (non-hydrogen) atoms. The second-order valence-electron chi connectivity index (χ2n) is 9.37. The number of alkyl halides is 2. The number of esters is 1. The standard InChI is InChI=1S/C25H28ClF2N4O8P/c1-13(2)38-18(33)10-30-41(40-16-8-7-14-5-3-4-6-15(14)9-16)37-12-25(23(27)28)20(35)19(34)22(39-25)32-11-17(26)21(29)31-24(32)36/h3-9,11,13,19-20,22-23,30,34-35H,10,12H2,1-2H3,(H2,29,31,36)/t19?,20-,22?,25+,41?/m0/s1. The third kappa shape index (κ3) is 6.92. The molecule has 12 nitrogen and oxygen atoms in total. The topological polar surface area (TPSA) is 167 Å². The van der Waals surface area contributed by atoms with Crippen molar-refractivity contribution in [1.29, 1.82) is 0 Å². The molecule has 1 aliphatic rings. The summed E-state index contributed by atoms with van der Waals surface area (Å²) < 4.78 is 51.7. The van der Waals surface area contributed by atoms with Crippen molar-refractivity contribution in [3.63, 3.8) is 0 Å². The highest BCUT2D eigenvalue weighted by molar-refractivity contribution is 7.45. The van der Waals surface area contributed by atoms with E-state index < -0.39 is 69.9 Å². The Balaban J connectivity index is 1.57. The molecule has 0 aliphatic carbocycles.